The molecular weight excluding hydrogens is 299 g/mol. The maximum absolute atomic E-state index is 9.90. The van der Waals surface area contributed by atoms with E-state index in [1.165, 1.54) is 7.11 Å². The third kappa shape index (κ3) is 3.18. The highest BCUT2D eigenvalue weighted by molar-refractivity contribution is 6.34. The Morgan fingerprint density at radius 2 is 1.75 bits per heavy atom. The van der Waals surface area contributed by atoms with Crippen molar-refractivity contribution in [2.24, 2.45) is 0 Å². The van der Waals surface area contributed by atoms with Crippen LogP contribution in [0.2, 0.25) is 10.0 Å². The molecule has 2 rings (SSSR count). The van der Waals surface area contributed by atoms with E-state index in [-0.39, 0.29) is 0 Å². The first-order valence-electron chi connectivity index (χ1n) is 6.00. The maximum Gasteiger partial charge on any atom is 0.147 e. The SMILES string of the molecule is COc1cccc(Oc2cc(Cl)ccc2Cl)c1C(C)O. The zero-order chi connectivity index (χ0) is 14.7. The molecule has 0 heterocycles. The standard InChI is InChI=1S/C15H14Cl2O3/c1-9(18)15-12(19-2)4-3-5-13(15)20-14-8-10(16)6-7-11(14)17/h3-9,18H,1-2H3. The van der Waals surface area contributed by atoms with E-state index < -0.39 is 6.10 Å². The van der Waals surface area contributed by atoms with Gasteiger partial charge in [-0.3, -0.25) is 0 Å². The molecule has 0 aliphatic rings. The average Bonchev–Trinajstić information content (AvgIpc) is 2.42. The third-order valence-corrected chi connectivity index (χ3v) is 3.32. The van der Waals surface area contributed by atoms with Gasteiger partial charge in [-0.25, -0.2) is 0 Å². The van der Waals surface area contributed by atoms with Crippen LogP contribution in [0.15, 0.2) is 36.4 Å². The molecule has 1 unspecified atom stereocenters. The first-order chi connectivity index (χ1) is 9.52. The van der Waals surface area contributed by atoms with E-state index in [2.05, 4.69) is 0 Å². The number of hydrogen-bond acceptors (Lipinski definition) is 3. The number of hydrogen-bond donors (Lipinski definition) is 1. The molecule has 2 aromatic rings. The van der Waals surface area contributed by atoms with Gasteiger partial charge >= 0.3 is 0 Å². The normalized spacial score (nSPS) is 12.1. The summed E-state index contributed by atoms with van der Waals surface area (Å²) in [4.78, 5) is 0. The predicted molar refractivity (Wildman–Crippen MR) is 80.2 cm³/mol. The van der Waals surface area contributed by atoms with E-state index in [0.29, 0.717) is 32.9 Å². The summed E-state index contributed by atoms with van der Waals surface area (Å²) in [6.45, 7) is 1.64. The quantitative estimate of drug-likeness (QED) is 0.877. The lowest BCUT2D eigenvalue weighted by Crippen LogP contribution is -2.00. The van der Waals surface area contributed by atoms with Gasteiger partial charge in [0, 0.05) is 11.1 Å². The largest absolute Gasteiger partial charge is 0.496 e. The van der Waals surface area contributed by atoms with Crippen LogP contribution in [0.5, 0.6) is 17.2 Å². The summed E-state index contributed by atoms with van der Waals surface area (Å²) in [6.07, 6.45) is -0.737. The molecule has 0 fully saturated rings. The van der Waals surface area contributed by atoms with Crippen LogP contribution in [0.4, 0.5) is 0 Å². The smallest absolute Gasteiger partial charge is 0.147 e. The van der Waals surface area contributed by atoms with Gasteiger partial charge in [0.2, 0.25) is 0 Å². The van der Waals surface area contributed by atoms with Crippen LogP contribution in [0, 0.1) is 0 Å². The Hall–Kier alpha value is -1.42. The van der Waals surface area contributed by atoms with Crippen LogP contribution >= 0.6 is 23.2 Å². The third-order valence-electron chi connectivity index (χ3n) is 2.78. The summed E-state index contributed by atoms with van der Waals surface area (Å²) in [5.74, 6) is 1.45. The monoisotopic (exact) mass is 312 g/mol. The van der Waals surface area contributed by atoms with Crippen LogP contribution in [-0.2, 0) is 0 Å². The second kappa shape index (κ2) is 6.35. The van der Waals surface area contributed by atoms with Crippen LogP contribution in [0.3, 0.4) is 0 Å². The molecule has 1 atom stereocenters. The molecule has 3 nitrogen and oxygen atoms in total. The fourth-order valence-corrected chi connectivity index (χ4v) is 2.19. The van der Waals surface area contributed by atoms with Gasteiger partial charge in [-0.15, -0.1) is 0 Å². The van der Waals surface area contributed by atoms with E-state index in [9.17, 15) is 5.11 Å². The summed E-state index contributed by atoms with van der Waals surface area (Å²) in [5, 5.41) is 10.9. The van der Waals surface area contributed by atoms with Crippen LogP contribution < -0.4 is 9.47 Å². The highest BCUT2D eigenvalue weighted by atomic mass is 35.5. The van der Waals surface area contributed by atoms with E-state index in [4.69, 9.17) is 32.7 Å². The summed E-state index contributed by atoms with van der Waals surface area (Å²) in [5.41, 5.74) is 0.561. The fraction of sp³-hybridized carbons (Fsp3) is 0.200. The van der Waals surface area contributed by atoms with Crippen LogP contribution in [0.1, 0.15) is 18.6 Å². The molecule has 1 N–H and O–H groups in total. The van der Waals surface area contributed by atoms with Crippen LogP contribution in [0.25, 0.3) is 0 Å². The molecule has 5 heteroatoms. The number of methoxy groups -OCH3 is 1. The highest BCUT2D eigenvalue weighted by Crippen LogP contribution is 2.39. The topological polar surface area (TPSA) is 38.7 Å². The first-order valence-corrected chi connectivity index (χ1v) is 6.76. The summed E-state index contributed by atoms with van der Waals surface area (Å²) < 4.78 is 11.0. The molecule has 0 aromatic heterocycles. The van der Waals surface area contributed by atoms with Crippen molar-refractivity contribution >= 4 is 23.2 Å². The molecule has 20 heavy (non-hydrogen) atoms. The van der Waals surface area contributed by atoms with Gasteiger partial charge in [0.15, 0.2) is 0 Å². The van der Waals surface area contributed by atoms with E-state index in [1.54, 1.807) is 43.3 Å². The second-order valence-electron chi connectivity index (χ2n) is 4.22. The van der Waals surface area contributed by atoms with Crippen molar-refractivity contribution in [3.05, 3.63) is 52.0 Å². The zero-order valence-corrected chi connectivity index (χ0v) is 12.6. The molecule has 0 saturated heterocycles. The summed E-state index contributed by atoms with van der Waals surface area (Å²) in [6, 6.07) is 10.2. The van der Waals surface area contributed by atoms with E-state index in [1.807, 2.05) is 0 Å². The number of aliphatic hydroxyl groups is 1. The van der Waals surface area contributed by atoms with E-state index in [0.717, 1.165) is 0 Å². The fourth-order valence-electron chi connectivity index (χ4n) is 1.88. The second-order valence-corrected chi connectivity index (χ2v) is 5.07. The van der Waals surface area contributed by atoms with Gasteiger partial charge in [0.1, 0.15) is 17.2 Å². The Labute approximate surface area is 127 Å². The van der Waals surface area contributed by atoms with Gasteiger partial charge in [0.05, 0.1) is 23.8 Å². The molecule has 106 valence electrons. The van der Waals surface area contributed by atoms with Crippen LogP contribution in [-0.4, -0.2) is 12.2 Å². The Balaban J connectivity index is 2.45. The lowest BCUT2D eigenvalue weighted by molar-refractivity contribution is 0.190. The number of halogens is 2. The molecule has 0 radical (unpaired) electrons. The molecule has 0 spiro atoms. The molecule has 0 saturated carbocycles. The molecule has 0 amide bonds. The lowest BCUT2D eigenvalue weighted by atomic mass is 10.1. The summed E-state index contributed by atoms with van der Waals surface area (Å²) >= 11 is 12.0. The number of rotatable bonds is 4. The van der Waals surface area contributed by atoms with Crippen molar-refractivity contribution in [3.8, 4) is 17.2 Å². The van der Waals surface area contributed by atoms with Crippen molar-refractivity contribution in [3.63, 3.8) is 0 Å². The minimum absolute atomic E-state index is 0.425. The minimum Gasteiger partial charge on any atom is -0.496 e. The number of benzene rings is 2. The highest BCUT2D eigenvalue weighted by Gasteiger charge is 2.16. The lowest BCUT2D eigenvalue weighted by Gasteiger charge is -2.17. The Morgan fingerprint density at radius 1 is 1.05 bits per heavy atom. The molecule has 0 aliphatic carbocycles. The first kappa shape index (κ1) is 15.0. The number of ether oxygens (including phenoxy) is 2. The molecular formula is C15H14Cl2O3. The number of aliphatic hydroxyl groups excluding tert-OH is 1. The predicted octanol–water partition coefficient (Wildman–Crippen LogP) is 4.85. The van der Waals surface area contributed by atoms with Gasteiger partial charge in [-0.1, -0.05) is 29.3 Å². The van der Waals surface area contributed by atoms with Crippen molar-refractivity contribution in [1.29, 1.82) is 0 Å². The van der Waals surface area contributed by atoms with Gasteiger partial charge < -0.3 is 14.6 Å². The Morgan fingerprint density at radius 3 is 2.40 bits per heavy atom. The van der Waals surface area contributed by atoms with Gasteiger partial charge in [-0.05, 0) is 31.2 Å². The van der Waals surface area contributed by atoms with Gasteiger partial charge in [-0.2, -0.15) is 0 Å². The Kier molecular flexibility index (Phi) is 4.76. The van der Waals surface area contributed by atoms with Crippen molar-refractivity contribution in [2.75, 3.05) is 7.11 Å². The van der Waals surface area contributed by atoms with E-state index >= 15 is 0 Å². The summed E-state index contributed by atoms with van der Waals surface area (Å²) in [7, 11) is 1.54. The zero-order valence-electron chi connectivity index (χ0n) is 11.1. The average molecular weight is 313 g/mol. The van der Waals surface area contributed by atoms with Gasteiger partial charge in [0.25, 0.3) is 0 Å². The molecule has 0 aliphatic heterocycles. The van der Waals surface area contributed by atoms with Crippen molar-refractivity contribution < 1.29 is 14.6 Å². The Bertz CT molecular complexity index is 612. The molecule has 0 bridgehead atoms. The van der Waals surface area contributed by atoms with Crippen molar-refractivity contribution in [2.45, 2.75) is 13.0 Å². The maximum atomic E-state index is 9.90. The van der Waals surface area contributed by atoms with Crippen molar-refractivity contribution in [1.82, 2.24) is 0 Å². The minimum atomic E-state index is -0.737. The molecule has 2 aromatic carbocycles.